The van der Waals surface area contributed by atoms with Crippen LogP contribution in [0, 0.1) is 6.92 Å². The van der Waals surface area contributed by atoms with E-state index in [-0.39, 0.29) is 6.79 Å². The van der Waals surface area contributed by atoms with E-state index in [1.165, 1.54) is 0 Å². The predicted octanol–water partition coefficient (Wildman–Crippen LogP) is 4.24. The van der Waals surface area contributed by atoms with Gasteiger partial charge >= 0.3 is 0 Å². The van der Waals surface area contributed by atoms with E-state index >= 15 is 0 Å². The molecule has 1 unspecified atom stereocenters. The summed E-state index contributed by atoms with van der Waals surface area (Å²) in [6, 6.07) is 11.4. The van der Waals surface area contributed by atoms with E-state index < -0.39 is 15.3 Å². The lowest BCUT2D eigenvalue weighted by molar-refractivity contribution is 0.174. The quantitative estimate of drug-likeness (QED) is 0.440. The Morgan fingerprint density at radius 1 is 1.25 bits per heavy atom. The van der Waals surface area contributed by atoms with Crippen molar-refractivity contribution in [2.24, 2.45) is 5.14 Å². The van der Waals surface area contributed by atoms with Crippen LogP contribution < -0.4 is 14.6 Å². The van der Waals surface area contributed by atoms with Crippen molar-refractivity contribution in [3.63, 3.8) is 0 Å². The molecule has 9 heteroatoms. The lowest BCUT2D eigenvalue weighted by Gasteiger charge is -2.15. The van der Waals surface area contributed by atoms with Gasteiger partial charge in [-0.2, -0.15) is 0 Å². The van der Waals surface area contributed by atoms with Crippen LogP contribution in [0.4, 0.5) is 0 Å². The standard InChI is InChI=1S/C19H20N2O4S3/c1-12-4-2-5-13(8-12)18(28(20,22)23)6-3-7-26-19-21-14-9-15-16(25-11-24-15)10-17(14)27-19/h2,4-5,8-10,18H,3,6-7,11H2,1H3,(H2,20,22,23). The molecule has 1 aliphatic heterocycles. The number of ether oxygens (including phenoxy) is 2. The van der Waals surface area contributed by atoms with E-state index in [1.807, 2.05) is 43.3 Å². The number of hydrogen-bond donors (Lipinski definition) is 1. The van der Waals surface area contributed by atoms with Crippen molar-refractivity contribution >= 4 is 43.3 Å². The number of sulfonamides is 1. The number of aryl methyl sites for hydroxylation is 1. The van der Waals surface area contributed by atoms with E-state index in [0.717, 1.165) is 49.4 Å². The van der Waals surface area contributed by atoms with Crippen LogP contribution in [-0.4, -0.2) is 25.9 Å². The molecular formula is C19H20N2O4S3. The smallest absolute Gasteiger partial charge is 0.231 e. The molecule has 0 radical (unpaired) electrons. The Kier molecular flexibility index (Phi) is 5.50. The SMILES string of the molecule is Cc1cccc(C(CCCSc2nc3cc4c(cc3s2)OCO4)S(N)(=O)=O)c1. The minimum atomic E-state index is -3.66. The first-order valence-corrected chi connectivity index (χ1v) is 12.2. The van der Waals surface area contributed by atoms with Crippen LogP contribution in [0.5, 0.6) is 11.5 Å². The number of hydrogen-bond acceptors (Lipinski definition) is 7. The number of aromatic nitrogens is 1. The summed E-state index contributed by atoms with van der Waals surface area (Å²) in [6.07, 6.45) is 1.20. The number of thioether (sulfide) groups is 1. The first-order chi connectivity index (χ1) is 13.4. The Morgan fingerprint density at radius 3 is 2.79 bits per heavy atom. The molecule has 0 saturated carbocycles. The van der Waals surface area contributed by atoms with Gasteiger partial charge in [-0.25, -0.2) is 18.5 Å². The lowest BCUT2D eigenvalue weighted by atomic mass is 10.1. The molecule has 4 rings (SSSR count). The Hall–Kier alpha value is -1.81. The molecule has 0 saturated heterocycles. The Bertz CT molecular complexity index is 1070. The highest BCUT2D eigenvalue weighted by Crippen LogP contribution is 2.40. The Balaban J connectivity index is 1.39. The van der Waals surface area contributed by atoms with Crippen molar-refractivity contribution in [3.05, 3.63) is 47.5 Å². The van der Waals surface area contributed by atoms with Crippen molar-refractivity contribution in [1.82, 2.24) is 4.98 Å². The minimum absolute atomic E-state index is 0.250. The number of fused-ring (bicyclic) bond motifs is 2. The summed E-state index contributed by atoms with van der Waals surface area (Å²) >= 11 is 3.22. The van der Waals surface area contributed by atoms with Crippen LogP contribution in [0.1, 0.15) is 29.2 Å². The van der Waals surface area contributed by atoms with Crippen LogP contribution in [0.15, 0.2) is 40.7 Å². The first-order valence-electron chi connectivity index (χ1n) is 8.81. The van der Waals surface area contributed by atoms with Gasteiger partial charge < -0.3 is 9.47 Å². The fourth-order valence-electron chi connectivity index (χ4n) is 3.18. The summed E-state index contributed by atoms with van der Waals surface area (Å²) < 4.78 is 36.9. The van der Waals surface area contributed by atoms with E-state index in [4.69, 9.17) is 14.6 Å². The second-order valence-corrected chi connectivity index (χ2v) is 10.8. The summed E-state index contributed by atoms with van der Waals surface area (Å²) in [5.74, 6) is 2.25. The number of thiazole rings is 1. The molecule has 0 bridgehead atoms. The van der Waals surface area contributed by atoms with Gasteiger partial charge in [0.05, 0.1) is 10.2 Å². The van der Waals surface area contributed by atoms with Crippen LogP contribution in [-0.2, 0) is 10.0 Å². The first kappa shape index (κ1) is 19.5. The fourth-order valence-corrected chi connectivity index (χ4v) is 6.31. The third kappa shape index (κ3) is 4.27. The average molecular weight is 437 g/mol. The molecule has 148 valence electrons. The van der Waals surface area contributed by atoms with Gasteiger partial charge in [0.15, 0.2) is 15.8 Å². The molecule has 1 aliphatic rings. The van der Waals surface area contributed by atoms with Gasteiger partial charge in [0.2, 0.25) is 16.8 Å². The summed E-state index contributed by atoms with van der Waals surface area (Å²) in [7, 11) is -3.66. The molecule has 3 aromatic rings. The van der Waals surface area contributed by atoms with Crippen LogP contribution in [0.2, 0.25) is 0 Å². The van der Waals surface area contributed by atoms with Gasteiger partial charge in [-0.05, 0) is 25.3 Å². The summed E-state index contributed by atoms with van der Waals surface area (Å²) in [5.41, 5.74) is 2.66. The average Bonchev–Trinajstić information content (AvgIpc) is 3.23. The molecule has 28 heavy (non-hydrogen) atoms. The van der Waals surface area contributed by atoms with Crippen LogP contribution in [0.25, 0.3) is 10.2 Å². The topological polar surface area (TPSA) is 91.5 Å². The van der Waals surface area contributed by atoms with Crippen molar-refractivity contribution < 1.29 is 17.9 Å². The van der Waals surface area contributed by atoms with Gasteiger partial charge in [-0.3, -0.25) is 0 Å². The van der Waals surface area contributed by atoms with Crippen molar-refractivity contribution in [1.29, 1.82) is 0 Å². The summed E-state index contributed by atoms with van der Waals surface area (Å²) in [4.78, 5) is 4.63. The van der Waals surface area contributed by atoms with E-state index in [2.05, 4.69) is 4.98 Å². The maximum absolute atomic E-state index is 12.1. The maximum Gasteiger partial charge on any atom is 0.231 e. The Labute approximate surface area is 172 Å². The second kappa shape index (κ2) is 7.90. The van der Waals surface area contributed by atoms with Gasteiger partial charge in [0.25, 0.3) is 0 Å². The highest BCUT2D eigenvalue weighted by atomic mass is 32.2. The van der Waals surface area contributed by atoms with Crippen LogP contribution >= 0.6 is 23.1 Å². The lowest BCUT2D eigenvalue weighted by Crippen LogP contribution is -2.22. The number of rotatable bonds is 7. The minimum Gasteiger partial charge on any atom is -0.454 e. The molecule has 6 nitrogen and oxygen atoms in total. The third-order valence-electron chi connectivity index (χ3n) is 4.51. The summed E-state index contributed by atoms with van der Waals surface area (Å²) in [6.45, 7) is 2.19. The van der Waals surface area contributed by atoms with Crippen molar-refractivity contribution in [2.45, 2.75) is 29.4 Å². The van der Waals surface area contributed by atoms with Gasteiger partial charge in [0, 0.05) is 17.9 Å². The van der Waals surface area contributed by atoms with Crippen molar-refractivity contribution in [2.75, 3.05) is 12.5 Å². The molecule has 0 aliphatic carbocycles. The molecule has 0 fully saturated rings. The number of nitrogens with two attached hydrogens (primary N) is 1. The van der Waals surface area contributed by atoms with Gasteiger partial charge in [0.1, 0.15) is 5.25 Å². The monoisotopic (exact) mass is 436 g/mol. The van der Waals surface area contributed by atoms with Gasteiger partial charge in [-0.1, -0.05) is 41.6 Å². The Morgan fingerprint density at radius 2 is 2.04 bits per heavy atom. The number of primary sulfonamides is 1. The second-order valence-electron chi connectivity index (χ2n) is 6.64. The highest BCUT2D eigenvalue weighted by molar-refractivity contribution is 8.01. The summed E-state index contributed by atoms with van der Waals surface area (Å²) in [5, 5.41) is 4.80. The van der Waals surface area contributed by atoms with E-state index in [0.29, 0.717) is 6.42 Å². The molecule has 2 heterocycles. The number of nitrogens with zero attached hydrogens (tertiary/aromatic N) is 1. The largest absolute Gasteiger partial charge is 0.454 e. The fraction of sp³-hybridized carbons (Fsp3) is 0.316. The van der Waals surface area contributed by atoms with E-state index in [9.17, 15) is 8.42 Å². The predicted molar refractivity (Wildman–Crippen MR) is 113 cm³/mol. The molecule has 0 amide bonds. The van der Waals surface area contributed by atoms with Crippen LogP contribution in [0.3, 0.4) is 0 Å². The zero-order chi connectivity index (χ0) is 19.7. The number of benzene rings is 2. The molecular weight excluding hydrogens is 416 g/mol. The molecule has 0 spiro atoms. The molecule has 1 aromatic heterocycles. The normalized spacial score (nSPS) is 14.5. The van der Waals surface area contributed by atoms with Crippen molar-refractivity contribution in [3.8, 4) is 11.5 Å². The third-order valence-corrected chi connectivity index (χ3v) is 8.06. The molecule has 2 N–H and O–H groups in total. The van der Waals surface area contributed by atoms with E-state index in [1.54, 1.807) is 23.1 Å². The highest BCUT2D eigenvalue weighted by Gasteiger charge is 2.23. The maximum atomic E-state index is 12.1. The molecule has 2 aromatic carbocycles. The zero-order valence-corrected chi connectivity index (χ0v) is 17.7. The zero-order valence-electron chi connectivity index (χ0n) is 15.3. The molecule has 1 atom stereocenters. The van der Waals surface area contributed by atoms with Gasteiger partial charge in [-0.15, -0.1) is 11.3 Å².